The second kappa shape index (κ2) is 4.94. The smallest absolute Gasteiger partial charge is 0.347 e. The summed E-state index contributed by atoms with van der Waals surface area (Å²) in [5.41, 5.74) is 1.13. The Hall–Kier alpha value is -2.39. The van der Waals surface area contributed by atoms with Crippen molar-refractivity contribution in [3.63, 3.8) is 0 Å². The molecule has 1 heterocycles. The Labute approximate surface area is 120 Å². The number of carbonyl (C=O) groups is 2. The highest BCUT2D eigenvalue weighted by Crippen LogP contribution is 2.28. The van der Waals surface area contributed by atoms with E-state index in [1.807, 2.05) is 0 Å². The van der Waals surface area contributed by atoms with E-state index < -0.39 is 5.97 Å². The molecule has 0 radical (unpaired) electrons. The van der Waals surface area contributed by atoms with E-state index in [9.17, 15) is 9.59 Å². The summed E-state index contributed by atoms with van der Waals surface area (Å²) in [6.07, 6.45) is 1.51. The molecule has 0 unspecified atom stereocenters. The standard InChI is InChI=1S/C16H9ClO3/c17-11-7-5-10(6-8-11)9-13-15(18)12-3-1-2-4-14(12)20-16(13)19/h1-9H/b13-9+. The zero-order valence-electron chi connectivity index (χ0n) is 10.3. The van der Waals surface area contributed by atoms with E-state index >= 15 is 0 Å². The van der Waals surface area contributed by atoms with Crippen LogP contribution in [0.15, 0.2) is 54.1 Å². The van der Waals surface area contributed by atoms with Crippen LogP contribution in [0.25, 0.3) is 6.08 Å². The predicted molar refractivity (Wildman–Crippen MR) is 75.8 cm³/mol. The number of esters is 1. The van der Waals surface area contributed by atoms with Crippen molar-refractivity contribution in [1.82, 2.24) is 0 Å². The summed E-state index contributed by atoms with van der Waals surface area (Å²) in [4.78, 5) is 24.2. The van der Waals surface area contributed by atoms with Crippen LogP contribution >= 0.6 is 11.6 Å². The lowest BCUT2D eigenvalue weighted by Gasteiger charge is -2.16. The predicted octanol–water partition coefficient (Wildman–Crippen LogP) is 3.53. The van der Waals surface area contributed by atoms with Crippen LogP contribution < -0.4 is 4.74 Å². The number of benzene rings is 2. The lowest BCUT2D eigenvalue weighted by atomic mass is 9.98. The molecule has 1 aliphatic heterocycles. The van der Waals surface area contributed by atoms with Crippen molar-refractivity contribution >= 4 is 29.4 Å². The van der Waals surface area contributed by atoms with Crippen LogP contribution in [-0.2, 0) is 4.79 Å². The van der Waals surface area contributed by atoms with E-state index in [0.717, 1.165) is 0 Å². The highest BCUT2D eigenvalue weighted by atomic mass is 35.5. The zero-order chi connectivity index (χ0) is 14.1. The summed E-state index contributed by atoms with van der Waals surface area (Å²) >= 11 is 5.80. The molecular weight excluding hydrogens is 276 g/mol. The average Bonchev–Trinajstić information content (AvgIpc) is 2.45. The van der Waals surface area contributed by atoms with E-state index in [-0.39, 0.29) is 11.4 Å². The number of ether oxygens (including phenoxy) is 1. The quantitative estimate of drug-likeness (QED) is 0.348. The molecule has 1 aliphatic rings. The number of Topliss-reactive ketones (excluding diaryl/α,β-unsaturated/α-hetero) is 1. The fourth-order valence-electron chi connectivity index (χ4n) is 1.99. The van der Waals surface area contributed by atoms with E-state index in [2.05, 4.69) is 0 Å². The molecule has 0 fully saturated rings. The van der Waals surface area contributed by atoms with Gasteiger partial charge in [-0.15, -0.1) is 0 Å². The molecule has 0 amide bonds. The zero-order valence-corrected chi connectivity index (χ0v) is 11.1. The van der Waals surface area contributed by atoms with Crippen molar-refractivity contribution in [3.8, 4) is 5.75 Å². The van der Waals surface area contributed by atoms with Gasteiger partial charge in [0.15, 0.2) is 0 Å². The highest BCUT2D eigenvalue weighted by molar-refractivity contribution is 6.31. The fourth-order valence-corrected chi connectivity index (χ4v) is 2.11. The van der Waals surface area contributed by atoms with Gasteiger partial charge in [0, 0.05) is 5.02 Å². The van der Waals surface area contributed by atoms with Crippen molar-refractivity contribution in [2.45, 2.75) is 0 Å². The second-order valence-electron chi connectivity index (χ2n) is 4.32. The minimum absolute atomic E-state index is 0.0195. The maximum Gasteiger partial charge on any atom is 0.347 e. The van der Waals surface area contributed by atoms with Crippen LogP contribution in [0.3, 0.4) is 0 Å². The monoisotopic (exact) mass is 284 g/mol. The molecule has 4 heteroatoms. The third kappa shape index (κ3) is 2.24. The van der Waals surface area contributed by atoms with Crippen LogP contribution in [0.1, 0.15) is 15.9 Å². The van der Waals surface area contributed by atoms with Crippen molar-refractivity contribution < 1.29 is 14.3 Å². The molecule has 0 aliphatic carbocycles. The van der Waals surface area contributed by atoms with E-state index in [1.54, 1.807) is 48.5 Å². The van der Waals surface area contributed by atoms with Crippen molar-refractivity contribution in [2.75, 3.05) is 0 Å². The molecule has 2 aromatic carbocycles. The lowest BCUT2D eigenvalue weighted by Crippen LogP contribution is -2.24. The fraction of sp³-hybridized carbons (Fsp3) is 0. The maximum atomic E-state index is 12.3. The number of ketones is 1. The van der Waals surface area contributed by atoms with Gasteiger partial charge < -0.3 is 4.74 Å². The highest BCUT2D eigenvalue weighted by Gasteiger charge is 2.30. The summed E-state index contributed by atoms with van der Waals surface area (Å²) < 4.78 is 5.16. The van der Waals surface area contributed by atoms with E-state index in [1.165, 1.54) is 6.08 Å². The van der Waals surface area contributed by atoms with Crippen LogP contribution in [0.2, 0.25) is 5.02 Å². The summed E-state index contributed by atoms with van der Waals surface area (Å²) in [5.74, 6) is -0.661. The summed E-state index contributed by atoms with van der Waals surface area (Å²) in [7, 11) is 0. The minimum Gasteiger partial charge on any atom is -0.422 e. The molecule has 0 saturated carbocycles. The van der Waals surface area contributed by atoms with Crippen molar-refractivity contribution in [1.29, 1.82) is 0 Å². The van der Waals surface area contributed by atoms with Crippen LogP contribution in [0, 0.1) is 0 Å². The van der Waals surface area contributed by atoms with Gasteiger partial charge in [0.05, 0.1) is 5.56 Å². The lowest BCUT2D eigenvalue weighted by molar-refractivity contribution is -0.130. The number of hydrogen-bond donors (Lipinski definition) is 0. The van der Waals surface area contributed by atoms with Gasteiger partial charge in [0.2, 0.25) is 5.78 Å². The number of para-hydroxylation sites is 1. The molecule has 0 atom stereocenters. The minimum atomic E-state index is -0.636. The Kier molecular flexibility index (Phi) is 3.12. The summed E-state index contributed by atoms with van der Waals surface area (Å²) in [6, 6.07) is 13.5. The summed E-state index contributed by atoms with van der Waals surface area (Å²) in [5, 5.41) is 0.593. The normalized spacial score (nSPS) is 15.9. The van der Waals surface area contributed by atoms with Gasteiger partial charge in [-0.25, -0.2) is 4.79 Å². The van der Waals surface area contributed by atoms with E-state index in [0.29, 0.717) is 21.9 Å². The first-order valence-corrected chi connectivity index (χ1v) is 6.36. The van der Waals surface area contributed by atoms with Crippen molar-refractivity contribution in [3.05, 3.63) is 70.3 Å². The van der Waals surface area contributed by atoms with Gasteiger partial charge in [0.25, 0.3) is 0 Å². The Balaban J connectivity index is 2.04. The Morgan fingerprint density at radius 2 is 1.65 bits per heavy atom. The Bertz CT molecular complexity index is 730. The number of halogens is 1. The number of hydrogen-bond acceptors (Lipinski definition) is 3. The molecule has 2 aromatic rings. The number of fused-ring (bicyclic) bond motifs is 1. The molecule has 3 nitrogen and oxygen atoms in total. The Morgan fingerprint density at radius 3 is 2.40 bits per heavy atom. The number of rotatable bonds is 1. The molecule has 0 N–H and O–H groups in total. The van der Waals surface area contributed by atoms with E-state index in [4.69, 9.17) is 16.3 Å². The van der Waals surface area contributed by atoms with Crippen LogP contribution in [0.5, 0.6) is 5.75 Å². The van der Waals surface area contributed by atoms with Gasteiger partial charge in [-0.2, -0.15) is 0 Å². The van der Waals surface area contributed by atoms with Crippen LogP contribution in [0.4, 0.5) is 0 Å². The SMILES string of the molecule is O=C1Oc2ccccc2C(=O)/C1=C\c1ccc(Cl)cc1. The third-order valence-electron chi connectivity index (χ3n) is 2.98. The molecular formula is C16H9ClO3. The van der Waals surface area contributed by atoms with Gasteiger partial charge in [-0.3, -0.25) is 4.79 Å². The van der Waals surface area contributed by atoms with Gasteiger partial charge >= 0.3 is 5.97 Å². The number of carbonyl (C=O) groups excluding carboxylic acids is 2. The summed E-state index contributed by atoms with van der Waals surface area (Å²) in [6.45, 7) is 0. The van der Waals surface area contributed by atoms with Gasteiger partial charge in [0.1, 0.15) is 11.3 Å². The first-order chi connectivity index (χ1) is 9.65. The van der Waals surface area contributed by atoms with Gasteiger partial charge in [-0.05, 0) is 35.9 Å². The Morgan fingerprint density at radius 1 is 0.950 bits per heavy atom. The topological polar surface area (TPSA) is 43.4 Å². The van der Waals surface area contributed by atoms with Crippen LogP contribution in [-0.4, -0.2) is 11.8 Å². The molecule has 0 aromatic heterocycles. The van der Waals surface area contributed by atoms with Crippen molar-refractivity contribution in [2.24, 2.45) is 0 Å². The molecule has 3 rings (SSSR count). The molecule has 0 saturated heterocycles. The molecule has 0 spiro atoms. The second-order valence-corrected chi connectivity index (χ2v) is 4.76. The largest absolute Gasteiger partial charge is 0.422 e. The molecule has 98 valence electrons. The average molecular weight is 285 g/mol. The molecule has 0 bridgehead atoms. The first kappa shape index (κ1) is 12.6. The molecule has 20 heavy (non-hydrogen) atoms. The first-order valence-electron chi connectivity index (χ1n) is 5.98. The van der Waals surface area contributed by atoms with Gasteiger partial charge in [-0.1, -0.05) is 35.9 Å². The maximum absolute atomic E-state index is 12.3. The third-order valence-corrected chi connectivity index (χ3v) is 3.23.